The Balaban J connectivity index is 0.000000264. The zero-order valence-corrected chi connectivity index (χ0v) is 21.3. The second-order valence-corrected chi connectivity index (χ2v) is 11.7. The smallest absolute Gasteiger partial charge is 0.109 e. The Kier molecular flexibility index (Phi) is 8.93. The number of benzene rings is 3. The summed E-state index contributed by atoms with van der Waals surface area (Å²) in [6.07, 6.45) is 0. The quantitative estimate of drug-likeness (QED) is 0.181. The van der Waals surface area contributed by atoms with Crippen molar-refractivity contribution in [1.29, 1.82) is 0 Å². The zero-order valence-electron chi connectivity index (χ0n) is 19.4. The van der Waals surface area contributed by atoms with Gasteiger partial charge in [0.05, 0.1) is 6.66 Å². The minimum atomic E-state index is -1.53. The summed E-state index contributed by atoms with van der Waals surface area (Å²) in [5, 5.41) is 4.28. The Labute approximate surface area is 199 Å². The van der Waals surface area contributed by atoms with E-state index in [0.29, 0.717) is 0 Å². The van der Waals surface area contributed by atoms with Gasteiger partial charge in [-0.2, -0.15) is 27.8 Å². The van der Waals surface area contributed by atoms with E-state index in [-0.39, 0.29) is 16.5 Å². The molecule has 0 aliphatic carbocycles. The summed E-state index contributed by atoms with van der Waals surface area (Å²) in [5.41, 5.74) is 7.34. The first-order valence-corrected chi connectivity index (χ1v) is 12.8. The second-order valence-electron chi connectivity index (χ2n) is 8.14. The molecule has 164 valence electrons. The molecule has 0 radical (unpaired) electrons. The van der Waals surface area contributed by atoms with Crippen molar-refractivity contribution in [3.05, 3.63) is 119 Å². The van der Waals surface area contributed by atoms with Crippen LogP contribution in [-0.2, 0) is 16.5 Å². The molecule has 0 saturated carbocycles. The van der Waals surface area contributed by atoms with Crippen LogP contribution in [0.25, 0.3) is 0 Å². The number of rotatable bonds is 3. The SMILES string of the molecule is C[P+](c1ccccc1)(c1ccccc1)c1ccccc1.Cc1c(C)c(C)[c-](C)c1C.[Ni]. The fraction of sp³-hybridized carbons (Fsp3) is 0.207. The molecule has 0 saturated heterocycles. The van der Waals surface area contributed by atoms with E-state index in [1.54, 1.807) is 0 Å². The summed E-state index contributed by atoms with van der Waals surface area (Å²) in [6, 6.07) is 32.6. The van der Waals surface area contributed by atoms with E-state index >= 15 is 0 Å². The molecular formula is C29H33NiP. The molecule has 4 aromatic carbocycles. The Morgan fingerprint density at radius 3 is 0.968 bits per heavy atom. The van der Waals surface area contributed by atoms with Crippen molar-refractivity contribution in [2.75, 3.05) is 6.66 Å². The van der Waals surface area contributed by atoms with Gasteiger partial charge in [-0.25, -0.2) is 0 Å². The zero-order chi connectivity index (χ0) is 21.7. The molecular weight excluding hydrogens is 438 g/mol. The Morgan fingerprint density at radius 2 is 0.774 bits per heavy atom. The van der Waals surface area contributed by atoms with Gasteiger partial charge in [0.15, 0.2) is 0 Å². The molecule has 0 spiro atoms. The normalized spacial score (nSPS) is 10.6. The first kappa shape index (κ1) is 25.2. The molecule has 0 unspecified atom stereocenters. The van der Waals surface area contributed by atoms with Gasteiger partial charge in [0, 0.05) is 16.5 Å². The van der Waals surface area contributed by atoms with Crippen molar-refractivity contribution in [2.24, 2.45) is 0 Å². The summed E-state index contributed by atoms with van der Waals surface area (Å²) in [7, 11) is -1.53. The molecule has 0 bridgehead atoms. The van der Waals surface area contributed by atoms with Crippen LogP contribution in [-0.4, -0.2) is 6.66 Å². The van der Waals surface area contributed by atoms with Crippen LogP contribution in [0.5, 0.6) is 0 Å². The first-order chi connectivity index (χ1) is 14.4. The van der Waals surface area contributed by atoms with Crippen LogP contribution in [0.4, 0.5) is 0 Å². The Bertz CT molecular complexity index is 903. The molecule has 0 atom stereocenters. The van der Waals surface area contributed by atoms with Crippen molar-refractivity contribution >= 4 is 23.2 Å². The predicted octanol–water partition coefficient (Wildman–Crippen LogP) is 6.56. The summed E-state index contributed by atoms with van der Waals surface area (Å²) in [6.45, 7) is 13.4. The van der Waals surface area contributed by atoms with E-state index < -0.39 is 7.26 Å². The van der Waals surface area contributed by atoms with Gasteiger partial charge in [0.1, 0.15) is 23.2 Å². The van der Waals surface area contributed by atoms with Gasteiger partial charge >= 0.3 is 0 Å². The van der Waals surface area contributed by atoms with Gasteiger partial charge in [-0.1, -0.05) is 89.2 Å². The number of hydrogen-bond acceptors (Lipinski definition) is 0. The Hall–Kier alpha value is -2.07. The van der Waals surface area contributed by atoms with E-state index in [0.717, 1.165) is 0 Å². The summed E-state index contributed by atoms with van der Waals surface area (Å²) in [4.78, 5) is 0. The van der Waals surface area contributed by atoms with Crippen molar-refractivity contribution in [3.63, 3.8) is 0 Å². The molecule has 2 heteroatoms. The molecule has 0 amide bonds. The Morgan fingerprint density at radius 1 is 0.516 bits per heavy atom. The van der Waals surface area contributed by atoms with E-state index in [2.05, 4.69) is 132 Å². The van der Waals surface area contributed by atoms with Crippen molar-refractivity contribution in [2.45, 2.75) is 34.6 Å². The molecule has 0 nitrogen and oxygen atoms in total. The molecule has 0 fully saturated rings. The third kappa shape index (κ3) is 5.23. The van der Waals surface area contributed by atoms with E-state index in [1.807, 2.05) is 0 Å². The average Bonchev–Trinajstić information content (AvgIpc) is 2.98. The molecule has 4 aromatic rings. The molecule has 31 heavy (non-hydrogen) atoms. The van der Waals surface area contributed by atoms with Gasteiger partial charge in [0.2, 0.25) is 0 Å². The van der Waals surface area contributed by atoms with E-state index in [9.17, 15) is 0 Å². The summed E-state index contributed by atoms with van der Waals surface area (Å²) >= 11 is 0. The maximum Gasteiger partial charge on any atom is 0.109 e. The topological polar surface area (TPSA) is 0 Å². The van der Waals surface area contributed by atoms with Gasteiger partial charge in [-0.15, -0.1) is 0 Å². The largest absolute Gasteiger partial charge is 0.196 e. The fourth-order valence-electron chi connectivity index (χ4n) is 4.03. The van der Waals surface area contributed by atoms with Crippen LogP contribution in [0, 0.1) is 34.6 Å². The minimum absolute atomic E-state index is 0. The predicted molar refractivity (Wildman–Crippen MR) is 137 cm³/mol. The molecule has 0 heterocycles. The summed E-state index contributed by atoms with van der Waals surface area (Å²) < 4.78 is 0. The van der Waals surface area contributed by atoms with Crippen LogP contribution in [0.2, 0.25) is 0 Å². The van der Waals surface area contributed by atoms with E-state index in [4.69, 9.17) is 0 Å². The van der Waals surface area contributed by atoms with Crippen molar-refractivity contribution < 1.29 is 16.5 Å². The van der Waals surface area contributed by atoms with Crippen LogP contribution in [0.3, 0.4) is 0 Å². The van der Waals surface area contributed by atoms with Crippen LogP contribution in [0.15, 0.2) is 91.0 Å². The second kappa shape index (κ2) is 11.0. The molecule has 0 aliphatic rings. The molecule has 0 aromatic heterocycles. The first-order valence-electron chi connectivity index (χ1n) is 10.6. The standard InChI is InChI=1S/C19H18P.C10H15.Ni/c1-20(17-11-5-2-6-12-17,18-13-7-3-8-14-18)19-15-9-4-10-16-19;1-6-7(2)9(4)10(5)8(6)3;/h2-16H,1H3;1-5H3;/q+1;-1;. The monoisotopic (exact) mass is 470 g/mol. The fourth-order valence-corrected chi connectivity index (χ4v) is 7.23. The van der Waals surface area contributed by atoms with Crippen molar-refractivity contribution in [1.82, 2.24) is 0 Å². The van der Waals surface area contributed by atoms with Crippen LogP contribution >= 0.6 is 7.26 Å². The minimum Gasteiger partial charge on any atom is -0.196 e. The van der Waals surface area contributed by atoms with Gasteiger partial charge in [-0.3, -0.25) is 0 Å². The summed E-state index contributed by atoms with van der Waals surface area (Å²) in [5.74, 6) is 0. The van der Waals surface area contributed by atoms with Gasteiger partial charge in [-0.05, 0) is 36.4 Å². The maximum atomic E-state index is 2.41. The molecule has 4 rings (SSSR count). The molecule has 0 aliphatic heterocycles. The van der Waals surface area contributed by atoms with Gasteiger partial charge in [0.25, 0.3) is 0 Å². The van der Waals surface area contributed by atoms with Crippen LogP contribution < -0.4 is 15.9 Å². The van der Waals surface area contributed by atoms with Crippen molar-refractivity contribution in [3.8, 4) is 0 Å². The number of hydrogen-bond donors (Lipinski definition) is 0. The molecule has 0 N–H and O–H groups in total. The van der Waals surface area contributed by atoms with E-state index in [1.165, 1.54) is 43.7 Å². The third-order valence-corrected chi connectivity index (χ3v) is 10.6. The average molecular weight is 471 g/mol. The van der Waals surface area contributed by atoms with Gasteiger partial charge < -0.3 is 0 Å². The van der Waals surface area contributed by atoms with Crippen LogP contribution in [0.1, 0.15) is 27.8 Å². The third-order valence-electron chi connectivity index (χ3n) is 6.63. The maximum absolute atomic E-state index is 2.41.